The maximum Gasteiger partial charge on any atom is 0.144 e. The molecule has 2 heteroatoms. The summed E-state index contributed by atoms with van der Waals surface area (Å²) < 4.78 is 0. The first-order valence-corrected chi connectivity index (χ1v) is 8.33. The summed E-state index contributed by atoms with van der Waals surface area (Å²) >= 11 is 0. The summed E-state index contributed by atoms with van der Waals surface area (Å²) in [6, 6.07) is 25.2. The van der Waals surface area contributed by atoms with Gasteiger partial charge in [-0.05, 0) is 16.3 Å². The van der Waals surface area contributed by atoms with Gasteiger partial charge < -0.3 is 10.0 Å². The van der Waals surface area contributed by atoms with Crippen molar-refractivity contribution in [2.45, 2.75) is 18.6 Å². The Morgan fingerprint density at radius 1 is 0.870 bits per heavy atom. The first-order chi connectivity index (χ1) is 11.2. The predicted molar refractivity (Wildman–Crippen MR) is 93.3 cm³/mol. The normalized spacial score (nSPS) is 24.1. The van der Waals surface area contributed by atoms with E-state index in [1.807, 2.05) is 0 Å². The van der Waals surface area contributed by atoms with Crippen molar-refractivity contribution in [2.75, 3.05) is 13.1 Å². The highest BCUT2D eigenvalue weighted by Gasteiger charge is 2.41. The number of hydrogen-bond donors (Lipinski definition) is 2. The summed E-state index contributed by atoms with van der Waals surface area (Å²) in [5.41, 5.74) is 1.70. The zero-order valence-electron chi connectivity index (χ0n) is 13.2. The minimum atomic E-state index is -0.717. The summed E-state index contributed by atoms with van der Waals surface area (Å²) in [6.07, 6.45) is 0.823. The fourth-order valence-electron chi connectivity index (χ4n) is 3.87. The van der Waals surface area contributed by atoms with E-state index in [2.05, 4.69) is 72.8 Å². The third kappa shape index (κ3) is 2.76. The van der Waals surface area contributed by atoms with Gasteiger partial charge in [0.15, 0.2) is 0 Å². The average molecular weight is 304 g/mol. The molecule has 23 heavy (non-hydrogen) atoms. The van der Waals surface area contributed by atoms with Crippen LogP contribution in [0.1, 0.15) is 17.5 Å². The quantitative estimate of drug-likeness (QED) is 0.763. The van der Waals surface area contributed by atoms with Crippen LogP contribution in [0.3, 0.4) is 0 Å². The van der Waals surface area contributed by atoms with Crippen LogP contribution in [0.15, 0.2) is 72.8 Å². The van der Waals surface area contributed by atoms with E-state index >= 15 is 0 Å². The van der Waals surface area contributed by atoms with Crippen LogP contribution in [0.25, 0.3) is 10.8 Å². The molecule has 0 spiro atoms. The van der Waals surface area contributed by atoms with Gasteiger partial charge in [-0.2, -0.15) is 0 Å². The molecule has 0 saturated carbocycles. The molecule has 1 aliphatic heterocycles. The molecule has 0 radical (unpaired) electrons. The molecule has 2 N–H and O–H groups in total. The second-order valence-corrected chi connectivity index (χ2v) is 6.65. The SMILES string of the molecule is OC1(c2cccc3ccccc23)CC[NH+](Cc2ccccc2)C1. The Labute approximate surface area is 137 Å². The van der Waals surface area contributed by atoms with Crippen LogP contribution in [0.2, 0.25) is 0 Å². The van der Waals surface area contributed by atoms with Crippen molar-refractivity contribution in [1.82, 2.24) is 0 Å². The summed E-state index contributed by atoms with van der Waals surface area (Å²) in [6.45, 7) is 2.76. The van der Waals surface area contributed by atoms with Crippen molar-refractivity contribution >= 4 is 10.8 Å². The van der Waals surface area contributed by atoms with Crippen LogP contribution in [0, 0.1) is 0 Å². The van der Waals surface area contributed by atoms with Gasteiger partial charge in [0.25, 0.3) is 0 Å². The predicted octanol–water partition coefficient (Wildman–Crippen LogP) is 2.52. The van der Waals surface area contributed by atoms with E-state index in [1.54, 1.807) is 0 Å². The van der Waals surface area contributed by atoms with E-state index in [-0.39, 0.29) is 0 Å². The molecule has 1 heterocycles. The first-order valence-electron chi connectivity index (χ1n) is 8.33. The molecule has 3 aromatic rings. The largest absolute Gasteiger partial charge is 0.379 e. The molecule has 0 aliphatic carbocycles. The van der Waals surface area contributed by atoms with E-state index < -0.39 is 5.60 Å². The van der Waals surface area contributed by atoms with Crippen LogP contribution in [-0.4, -0.2) is 18.2 Å². The molecule has 2 unspecified atom stereocenters. The minimum absolute atomic E-state index is 0.717. The lowest BCUT2D eigenvalue weighted by Gasteiger charge is -2.23. The minimum Gasteiger partial charge on any atom is -0.379 e. The second-order valence-electron chi connectivity index (χ2n) is 6.65. The number of aliphatic hydroxyl groups is 1. The van der Waals surface area contributed by atoms with Gasteiger partial charge in [0.1, 0.15) is 18.7 Å². The van der Waals surface area contributed by atoms with Crippen LogP contribution < -0.4 is 4.90 Å². The molecule has 2 atom stereocenters. The monoisotopic (exact) mass is 304 g/mol. The van der Waals surface area contributed by atoms with Crippen molar-refractivity contribution in [1.29, 1.82) is 0 Å². The lowest BCUT2D eigenvalue weighted by Crippen LogP contribution is -3.09. The Kier molecular flexibility index (Phi) is 3.64. The molecule has 116 valence electrons. The Hall–Kier alpha value is -2.16. The third-order valence-corrected chi connectivity index (χ3v) is 5.02. The maximum absolute atomic E-state index is 11.3. The Balaban J connectivity index is 1.61. The summed E-state index contributed by atoms with van der Waals surface area (Å²) in [5.74, 6) is 0. The molecule has 2 nitrogen and oxygen atoms in total. The Morgan fingerprint density at radius 3 is 2.48 bits per heavy atom. The molecule has 0 bridgehead atoms. The van der Waals surface area contributed by atoms with Gasteiger partial charge in [-0.1, -0.05) is 72.8 Å². The maximum atomic E-state index is 11.3. The van der Waals surface area contributed by atoms with Crippen molar-refractivity contribution in [2.24, 2.45) is 0 Å². The summed E-state index contributed by atoms with van der Waals surface area (Å²) in [7, 11) is 0. The highest BCUT2D eigenvalue weighted by molar-refractivity contribution is 5.86. The van der Waals surface area contributed by atoms with Crippen LogP contribution in [-0.2, 0) is 12.1 Å². The highest BCUT2D eigenvalue weighted by atomic mass is 16.3. The van der Waals surface area contributed by atoms with Crippen molar-refractivity contribution in [3.8, 4) is 0 Å². The molecule has 4 rings (SSSR count). The molecular formula is C21H22NO+. The van der Waals surface area contributed by atoms with Crippen LogP contribution in [0.4, 0.5) is 0 Å². The number of fused-ring (bicyclic) bond motifs is 1. The lowest BCUT2D eigenvalue weighted by atomic mass is 9.89. The van der Waals surface area contributed by atoms with E-state index in [0.717, 1.165) is 31.6 Å². The Morgan fingerprint density at radius 2 is 1.61 bits per heavy atom. The molecule has 1 aliphatic rings. The molecule has 3 aromatic carbocycles. The fourth-order valence-corrected chi connectivity index (χ4v) is 3.87. The number of hydrogen-bond acceptors (Lipinski definition) is 1. The summed E-state index contributed by atoms with van der Waals surface area (Å²) in [4.78, 5) is 1.45. The molecule has 0 amide bonds. The van der Waals surface area contributed by atoms with Gasteiger partial charge in [0.05, 0.1) is 6.54 Å². The zero-order chi connectivity index (χ0) is 15.7. The van der Waals surface area contributed by atoms with E-state index in [4.69, 9.17) is 0 Å². The summed E-state index contributed by atoms with van der Waals surface area (Å²) in [5, 5.41) is 13.7. The number of benzene rings is 3. The van der Waals surface area contributed by atoms with Gasteiger partial charge in [-0.25, -0.2) is 0 Å². The lowest BCUT2D eigenvalue weighted by molar-refractivity contribution is -0.904. The van der Waals surface area contributed by atoms with Gasteiger partial charge in [0.2, 0.25) is 0 Å². The number of likely N-dealkylation sites (tertiary alicyclic amines) is 1. The smallest absolute Gasteiger partial charge is 0.144 e. The molecule has 1 saturated heterocycles. The van der Waals surface area contributed by atoms with Crippen LogP contribution in [0.5, 0.6) is 0 Å². The van der Waals surface area contributed by atoms with Crippen molar-refractivity contribution in [3.05, 3.63) is 83.9 Å². The van der Waals surface area contributed by atoms with Gasteiger partial charge in [0, 0.05) is 12.0 Å². The second kappa shape index (κ2) is 5.80. The topological polar surface area (TPSA) is 24.7 Å². The first kappa shape index (κ1) is 14.4. The number of nitrogens with one attached hydrogen (secondary N) is 1. The van der Waals surface area contributed by atoms with E-state index in [1.165, 1.54) is 21.2 Å². The fraction of sp³-hybridized carbons (Fsp3) is 0.238. The average Bonchev–Trinajstić information content (AvgIpc) is 2.97. The third-order valence-electron chi connectivity index (χ3n) is 5.02. The molecule has 0 aromatic heterocycles. The van der Waals surface area contributed by atoms with Gasteiger partial charge in [-0.15, -0.1) is 0 Å². The molecular weight excluding hydrogens is 282 g/mol. The molecule has 1 fully saturated rings. The number of rotatable bonds is 3. The van der Waals surface area contributed by atoms with E-state index in [9.17, 15) is 5.11 Å². The van der Waals surface area contributed by atoms with E-state index in [0.29, 0.717) is 0 Å². The highest BCUT2D eigenvalue weighted by Crippen LogP contribution is 2.32. The zero-order valence-corrected chi connectivity index (χ0v) is 13.2. The Bertz CT molecular complexity index is 809. The van der Waals surface area contributed by atoms with Crippen molar-refractivity contribution < 1.29 is 10.0 Å². The van der Waals surface area contributed by atoms with Gasteiger partial charge >= 0.3 is 0 Å². The standard InChI is InChI=1S/C21H21NO/c23-21(20-12-6-10-18-9-4-5-11-19(18)20)13-14-22(16-21)15-17-7-2-1-3-8-17/h1-12,23H,13-16H2/p+1. The van der Waals surface area contributed by atoms with Crippen molar-refractivity contribution in [3.63, 3.8) is 0 Å². The number of quaternary nitrogens is 1. The van der Waals surface area contributed by atoms with Crippen LogP contribution >= 0.6 is 0 Å². The van der Waals surface area contributed by atoms with Gasteiger partial charge in [-0.3, -0.25) is 0 Å².